The SMILES string of the molecule is Clc1ccc(/C(Cc2nc3ccccc3[nH]2)=N/Nc2ccccc2)cc1. The third-order valence-electron chi connectivity index (χ3n) is 4.04. The first-order chi connectivity index (χ1) is 12.8. The summed E-state index contributed by atoms with van der Waals surface area (Å²) in [6, 6.07) is 25.5. The van der Waals surface area contributed by atoms with E-state index >= 15 is 0 Å². The number of imidazole rings is 1. The lowest BCUT2D eigenvalue weighted by Gasteiger charge is -2.07. The molecule has 0 bridgehead atoms. The van der Waals surface area contributed by atoms with E-state index in [1.807, 2.05) is 78.9 Å². The zero-order chi connectivity index (χ0) is 17.8. The molecule has 1 heterocycles. The van der Waals surface area contributed by atoms with Crippen molar-refractivity contribution in [2.24, 2.45) is 5.10 Å². The summed E-state index contributed by atoms with van der Waals surface area (Å²) in [7, 11) is 0. The van der Waals surface area contributed by atoms with Gasteiger partial charge < -0.3 is 4.98 Å². The predicted octanol–water partition coefficient (Wildman–Crippen LogP) is 5.28. The molecular formula is C21H17ClN4. The summed E-state index contributed by atoms with van der Waals surface area (Å²) in [6.45, 7) is 0. The fourth-order valence-corrected chi connectivity index (χ4v) is 2.87. The van der Waals surface area contributed by atoms with Gasteiger partial charge in [0.1, 0.15) is 5.82 Å². The molecule has 0 unspecified atom stereocenters. The van der Waals surface area contributed by atoms with E-state index in [4.69, 9.17) is 11.6 Å². The third kappa shape index (κ3) is 3.76. The summed E-state index contributed by atoms with van der Waals surface area (Å²) in [5.74, 6) is 0.870. The Bertz CT molecular complexity index is 1000. The molecule has 4 aromatic rings. The summed E-state index contributed by atoms with van der Waals surface area (Å²) in [6.07, 6.45) is 0.580. The maximum absolute atomic E-state index is 6.03. The van der Waals surface area contributed by atoms with Crippen molar-refractivity contribution in [2.45, 2.75) is 6.42 Å². The number of benzene rings is 3. The number of hydrogen-bond donors (Lipinski definition) is 2. The first-order valence-corrected chi connectivity index (χ1v) is 8.73. The number of anilines is 1. The van der Waals surface area contributed by atoms with Crippen molar-refractivity contribution < 1.29 is 0 Å². The van der Waals surface area contributed by atoms with E-state index < -0.39 is 0 Å². The van der Waals surface area contributed by atoms with Gasteiger partial charge in [-0.05, 0) is 42.0 Å². The highest BCUT2D eigenvalue weighted by Crippen LogP contribution is 2.16. The van der Waals surface area contributed by atoms with Gasteiger partial charge in [-0.3, -0.25) is 5.43 Å². The van der Waals surface area contributed by atoms with Gasteiger partial charge in [0.15, 0.2) is 0 Å². The van der Waals surface area contributed by atoms with Crippen LogP contribution in [0.3, 0.4) is 0 Å². The second kappa shape index (κ2) is 7.42. The van der Waals surface area contributed by atoms with Gasteiger partial charge in [0.2, 0.25) is 0 Å². The summed E-state index contributed by atoms with van der Waals surface area (Å²) < 4.78 is 0. The third-order valence-corrected chi connectivity index (χ3v) is 4.30. The summed E-state index contributed by atoms with van der Waals surface area (Å²) in [5.41, 5.74) is 7.91. The number of H-pyrrole nitrogens is 1. The Kier molecular flexibility index (Phi) is 4.67. The van der Waals surface area contributed by atoms with Gasteiger partial charge in [0.05, 0.1) is 28.9 Å². The Labute approximate surface area is 156 Å². The van der Waals surface area contributed by atoms with Crippen molar-refractivity contribution in [3.8, 4) is 0 Å². The van der Waals surface area contributed by atoms with Gasteiger partial charge in [-0.25, -0.2) is 4.98 Å². The van der Waals surface area contributed by atoms with Crippen LogP contribution in [0.25, 0.3) is 11.0 Å². The van der Waals surface area contributed by atoms with E-state index in [0.717, 1.165) is 33.8 Å². The molecular weight excluding hydrogens is 344 g/mol. The Morgan fingerprint density at radius 3 is 2.42 bits per heavy atom. The van der Waals surface area contributed by atoms with Gasteiger partial charge in [-0.1, -0.05) is 54.1 Å². The van der Waals surface area contributed by atoms with E-state index in [2.05, 4.69) is 20.5 Å². The predicted molar refractivity (Wildman–Crippen MR) is 108 cm³/mol. The number of halogens is 1. The fraction of sp³-hybridized carbons (Fsp3) is 0.0476. The topological polar surface area (TPSA) is 53.1 Å². The van der Waals surface area contributed by atoms with Crippen molar-refractivity contribution >= 4 is 34.0 Å². The van der Waals surface area contributed by atoms with E-state index in [9.17, 15) is 0 Å². The molecule has 5 heteroatoms. The van der Waals surface area contributed by atoms with E-state index in [-0.39, 0.29) is 0 Å². The Morgan fingerprint density at radius 2 is 1.65 bits per heavy atom. The Balaban J connectivity index is 1.66. The number of aromatic amines is 1. The highest BCUT2D eigenvalue weighted by molar-refractivity contribution is 6.30. The minimum atomic E-state index is 0.580. The molecule has 1 aromatic heterocycles. The highest BCUT2D eigenvalue weighted by Gasteiger charge is 2.10. The molecule has 0 fully saturated rings. The van der Waals surface area contributed by atoms with Crippen LogP contribution in [0.1, 0.15) is 11.4 Å². The number of aromatic nitrogens is 2. The van der Waals surface area contributed by atoms with Crippen LogP contribution in [0.4, 0.5) is 5.69 Å². The van der Waals surface area contributed by atoms with Crippen LogP contribution >= 0.6 is 11.6 Å². The Morgan fingerprint density at radius 1 is 0.923 bits per heavy atom. The number of nitrogens with zero attached hydrogens (tertiary/aromatic N) is 2. The van der Waals surface area contributed by atoms with E-state index in [1.165, 1.54) is 0 Å². The lowest BCUT2D eigenvalue weighted by molar-refractivity contribution is 1.09. The number of nitrogens with one attached hydrogen (secondary N) is 2. The smallest absolute Gasteiger partial charge is 0.113 e. The van der Waals surface area contributed by atoms with Gasteiger partial charge in [0, 0.05) is 5.02 Å². The summed E-state index contributed by atoms with van der Waals surface area (Å²) in [5, 5.41) is 5.32. The molecule has 2 N–H and O–H groups in total. The van der Waals surface area contributed by atoms with Crippen LogP contribution in [0, 0.1) is 0 Å². The largest absolute Gasteiger partial charge is 0.342 e. The van der Waals surface area contributed by atoms with Crippen LogP contribution in [0.2, 0.25) is 5.02 Å². The minimum absolute atomic E-state index is 0.580. The zero-order valence-electron chi connectivity index (χ0n) is 14.0. The molecule has 0 aliphatic heterocycles. The maximum Gasteiger partial charge on any atom is 0.113 e. The average molecular weight is 361 g/mol. The van der Waals surface area contributed by atoms with Gasteiger partial charge >= 0.3 is 0 Å². The molecule has 3 aromatic carbocycles. The lowest BCUT2D eigenvalue weighted by atomic mass is 10.1. The quantitative estimate of drug-likeness (QED) is 0.376. The average Bonchev–Trinajstić information content (AvgIpc) is 3.09. The number of hydrogen-bond acceptors (Lipinski definition) is 3. The number of hydrazone groups is 1. The summed E-state index contributed by atoms with van der Waals surface area (Å²) in [4.78, 5) is 8.02. The molecule has 0 radical (unpaired) electrons. The fourth-order valence-electron chi connectivity index (χ4n) is 2.74. The second-order valence-electron chi connectivity index (χ2n) is 5.92. The molecule has 0 aliphatic rings. The zero-order valence-corrected chi connectivity index (χ0v) is 14.7. The Hall–Kier alpha value is -3.11. The standard InChI is InChI=1S/C21H17ClN4/c22-16-12-10-15(11-13-16)20(26-25-17-6-2-1-3-7-17)14-21-23-18-8-4-5-9-19(18)24-21/h1-13,25H,14H2,(H,23,24)/b26-20+. The first-order valence-electron chi connectivity index (χ1n) is 8.35. The molecule has 0 atom stereocenters. The molecule has 4 rings (SSSR count). The minimum Gasteiger partial charge on any atom is -0.342 e. The van der Waals surface area contributed by atoms with Gasteiger partial charge in [0.25, 0.3) is 0 Å². The number of rotatable bonds is 5. The number of para-hydroxylation sites is 3. The van der Waals surface area contributed by atoms with Gasteiger partial charge in [-0.15, -0.1) is 0 Å². The van der Waals surface area contributed by atoms with Crippen LogP contribution in [0.15, 0.2) is 84.0 Å². The monoisotopic (exact) mass is 360 g/mol. The molecule has 0 aliphatic carbocycles. The van der Waals surface area contributed by atoms with Crippen LogP contribution < -0.4 is 5.43 Å². The molecule has 26 heavy (non-hydrogen) atoms. The van der Waals surface area contributed by atoms with Crippen molar-refractivity contribution in [1.29, 1.82) is 0 Å². The molecule has 128 valence electrons. The number of fused-ring (bicyclic) bond motifs is 1. The molecule has 0 saturated carbocycles. The lowest BCUT2D eigenvalue weighted by Crippen LogP contribution is -2.09. The van der Waals surface area contributed by atoms with Crippen LogP contribution in [-0.2, 0) is 6.42 Å². The van der Waals surface area contributed by atoms with Crippen LogP contribution in [-0.4, -0.2) is 15.7 Å². The van der Waals surface area contributed by atoms with E-state index in [1.54, 1.807) is 0 Å². The van der Waals surface area contributed by atoms with E-state index in [0.29, 0.717) is 11.4 Å². The van der Waals surface area contributed by atoms with Crippen molar-refractivity contribution in [3.05, 3.63) is 95.3 Å². The second-order valence-corrected chi connectivity index (χ2v) is 6.36. The van der Waals surface area contributed by atoms with Crippen LogP contribution in [0.5, 0.6) is 0 Å². The molecule has 0 spiro atoms. The van der Waals surface area contributed by atoms with Gasteiger partial charge in [-0.2, -0.15) is 5.10 Å². The van der Waals surface area contributed by atoms with Crippen molar-refractivity contribution in [3.63, 3.8) is 0 Å². The maximum atomic E-state index is 6.03. The van der Waals surface area contributed by atoms with Crippen molar-refractivity contribution in [2.75, 3.05) is 5.43 Å². The molecule has 4 nitrogen and oxygen atoms in total. The summed E-state index contributed by atoms with van der Waals surface area (Å²) >= 11 is 6.03. The molecule has 0 amide bonds. The highest BCUT2D eigenvalue weighted by atomic mass is 35.5. The molecule has 0 saturated heterocycles. The first kappa shape index (κ1) is 16.4. The normalized spacial score (nSPS) is 11.7. The van der Waals surface area contributed by atoms with Crippen molar-refractivity contribution in [1.82, 2.24) is 9.97 Å².